The van der Waals surface area contributed by atoms with E-state index < -0.39 is 0 Å². The molecule has 1 unspecified atom stereocenters. The zero-order valence-electron chi connectivity index (χ0n) is 12.4. The maximum atomic E-state index is 12.0. The van der Waals surface area contributed by atoms with Gasteiger partial charge in [-0.1, -0.05) is 27.7 Å². The number of rotatable bonds is 9. The number of ketones is 1. The fraction of sp³-hybridized carbons (Fsp3) is 0.857. The summed E-state index contributed by atoms with van der Waals surface area (Å²) in [5.41, 5.74) is 0. The largest absolute Gasteiger partial charge is 0.356 e. The summed E-state index contributed by atoms with van der Waals surface area (Å²) < 4.78 is 0. The molecule has 0 aromatic carbocycles. The van der Waals surface area contributed by atoms with Gasteiger partial charge in [-0.15, -0.1) is 0 Å². The van der Waals surface area contributed by atoms with E-state index in [0.717, 1.165) is 19.3 Å². The van der Waals surface area contributed by atoms with Gasteiger partial charge in [-0.3, -0.25) is 9.59 Å². The Morgan fingerprint density at radius 3 is 2.11 bits per heavy atom. The standard InChI is InChI=1S/C14H28N2O2/c1-10(2)14(18)13(16-11(3)4)8-6-7-9-15-12(5)17/h10-11,13,16H,6-9H2,1-5H3,(H,15,17). The quantitative estimate of drug-likeness (QED) is 0.619. The molecule has 4 heteroatoms. The van der Waals surface area contributed by atoms with E-state index in [0.29, 0.717) is 12.6 Å². The van der Waals surface area contributed by atoms with Crippen LogP contribution in [0, 0.1) is 5.92 Å². The van der Waals surface area contributed by atoms with E-state index in [9.17, 15) is 9.59 Å². The number of carbonyl (C=O) groups is 2. The Morgan fingerprint density at radius 1 is 1.06 bits per heavy atom. The highest BCUT2D eigenvalue weighted by molar-refractivity contribution is 5.85. The molecule has 0 aliphatic rings. The lowest BCUT2D eigenvalue weighted by Crippen LogP contribution is -2.42. The molecule has 0 fully saturated rings. The van der Waals surface area contributed by atoms with Crippen molar-refractivity contribution in [2.75, 3.05) is 6.54 Å². The number of hydrogen-bond donors (Lipinski definition) is 2. The third-order valence-corrected chi connectivity index (χ3v) is 2.74. The number of nitrogens with one attached hydrogen (secondary N) is 2. The van der Waals surface area contributed by atoms with Crippen molar-refractivity contribution in [1.82, 2.24) is 10.6 Å². The summed E-state index contributed by atoms with van der Waals surface area (Å²) in [4.78, 5) is 22.7. The molecule has 1 amide bonds. The van der Waals surface area contributed by atoms with E-state index in [4.69, 9.17) is 0 Å². The highest BCUT2D eigenvalue weighted by Crippen LogP contribution is 2.08. The summed E-state index contributed by atoms with van der Waals surface area (Å²) in [6, 6.07) is 0.260. The molecule has 0 radical (unpaired) electrons. The average Bonchev–Trinajstić information content (AvgIpc) is 2.24. The first-order valence-corrected chi connectivity index (χ1v) is 6.88. The normalized spacial score (nSPS) is 12.8. The van der Waals surface area contributed by atoms with Crippen LogP contribution in [0.2, 0.25) is 0 Å². The van der Waals surface area contributed by atoms with Crippen molar-refractivity contribution in [3.8, 4) is 0 Å². The molecular weight excluding hydrogens is 228 g/mol. The number of unbranched alkanes of at least 4 members (excludes halogenated alkanes) is 1. The van der Waals surface area contributed by atoms with Crippen molar-refractivity contribution in [3.05, 3.63) is 0 Å². The van der Waals surface area contributed by atoms with Gasteiger partial charge in [0.15, 0.2) is 5.78 Å². The number of Topliss-reactive ketones (excluding diaryl/α,β-unsaturated/α-hetero) is 1. The molecule has 0 rings (SSSR count). The smallest absolute Gasteiger partial charge is 0.216 e. The van der Waals surface area contributed by atoms with E-state index >= 15 is 0 Å². The first kappa shape index (κ1) is 17.1. The third-order valence-electron chi connectivity index (χ3n) is 2.74. The van der Waals surface area contributed by atoms with Crippen LogP contribution in [0.4, 0.5) is 0 Å². The van der Waals surface area contributed by atoms with E-state index in [-0.39, 0.29) is 23.7 Å². The van der Waals surface area contributed by atoms with Crippen LogP contribution >= 0.6 is 0 Å². The molecule has 1 atom stereocenters. The lowest BCUT2D eigenvalue weighted by Gasteiger charge is -2.22. The molecular formula is C14H28N2O2. The molecule has 4 nitrogen and oxygen atoms in total. The molecule has 0 spiro atoms. The summed E-state index contributed by atoms with van der Waals surface area (Å²) >= 11 is 0. The van der Waals surface area contributed by atoms with Crippen LogP contribution < -0.4 is 10.6 Å². The topological polar surface area (TPSA) is 58.2 Å². The maximum Gasteiger partial charge on any atom is 0.216 e. The Kier molecular flexibility index (Phi) is 8.63. The van der Waals surface area contributed by atoms with Crippen LogP contribution in [0.15, 0.2) is 0 Å². The van der Waals surface area contributed by atoms with Gasteiger partial charge >= 0.3 is 0 Å². The minimum atomic E-state index is -0.0534. The molecule has 18 heavy (non-hydrogen) atoms. The molecule has 0 aliphatic carbocycles. The first-order chi connectivity index (χ1) is 8.34. The fourth-order valence-corrected chi connectivity index (χ4v) is 1.85. The third kappa shape index (κ3) is 8.23. The summed E-state index contributed by atoms with van der Waals surface area (Å²) in [6.07, 6.45) is 2.71. The van der Waals surface area contributed by atoms with Gasteiger partial charge < -0.3 is 10.6 Å². The second-order valence-corrected chi connectivity index (χ2v) is 5.41. The predicted molar refractivity (Wildman–Crippen MR) is 74.4 cm³/mol. The van der Waals surface area contributed by atoms with E-state index in [1.165, 1.54) is 6.92 Å². The second kappa shape index (κ2) is 9.09. The van der Waals surface area contributed by atoms with Crippen LogP contribution in [0.1, 0.15) is 53.9 Å². The molecule has 0 aromatic heterocycles. The Labute approximate surface area is 111 Å². The number of carbonyl (C=O) groups excluding carboxylic acids is 2. The Hall–Kier alpha value is -0.900. The zero-order valence-corrected chi connectivity index (χ0v) is 12.4. The number of hydrogen-bond acceptors (Lipinski definition) is 3. The molecule has 0 bridgehead atoms. The van der Waals surface area contributed by atoms with Gasteiger partial charge in [0, 0.05) is 25.4 Å². The van der Waals surface area contributed by atoms with Gasteiger partial charge in [0.25, 0.3) is 0 Å². The summed E-state index contributed by atoms with van der Waals surface area (Å²) in [7, 11) is 0. The van der Waals surface area contributed by atoms with E-state index in [1.807, 2.05) is 13.8 Å². The SMILES string of the molecule is CC(=O)NCCCCC(NC(C)C)C(=O)C(C)C. The van der Waals surface area contributed by atoms with Crippen LogP contribution in [0.3, 0.4) is 0 Å². The Bertz CT molecular complexity index is 263. The minimum Gasteiger partial charge on any atom is -0.356 e. The van der Waals surface area contributed by atoms with Crippen molar-refractivity contribution in [2.24, 2.45) is 5.92 Å². The van der Waals surface area contributed by atoms with E-state index in [1.54, 1.807) is 0 Å². The van der Waals surface area contributed by atoms with Gasteiger partial charge in [-0.2, -0.15) is 0 Å². The molecule has 0 heterocycles. The molecule has 2 N–H and O–H groups in total. The van der Waals surface area contributed by atoms with Crippen LogP contribution in [-0.2, 0) is 9.59 Å². The lowest BCUT2D eigenvalue weighted by atomic mass is 9.96. The van der Waals surface area contributed by atoms with Gasteiger partial charge in [0.1, 0.15) is 0 Å². The zero-order chi connectivity index (χ0) is 14.1. The fourth-order valence-electron chi connectivity index (χ4n) is 1.85. The number of amides is 1. The summed E-state index contributed by atoms with van der Waals surface area (Å²) in [5.74, 6) is 0.352. The highest BCUT2D eigenvalue weighted by Gasteiger charge is 2.20. The molecule has 0 aliphatic heterocycles. The summed E-state index contributed by atoms with van der Waals surface area (Å²) in [6.45, 7) is 10.2. The van der Waals surface area contributed by atoms with Crippen molar-refractivity contribution in [2.45, 2.75) is 66.0 Å². The maximum absolute atomic E-state index is 12.0. The average molecular weight is 256 g/mol. The van der Waals surface area contributed by atoms with Gasteiger partial charge in [0.05, 0.1) is 6.04 Å². The van der Waals surface area contributed by atoms with Crippen molar-refractivity contribution in [1.29, 1.82) is 0 Å². The van der Waals surface area contributed by atoms with E-state index in [2.05, 4.69) is 24.5 Å². The van der Waals surface area contributed by atoms with Gasteiger partial charge in [-0.25, -0.2) is 0 Å². The van der Waals surface area contributed by atoms with Gasteiger partial charge in [-0.05, 0) is 19.3 Å². The van der Waals surface area contributed by atoms with Gasteiger partial charge in [0.2, 0.25) is 5.91 Å². The summed E-state index contributed by atoms with van der Waals surface area (Å²) in [5, 5.41) is 6.09. The monoisotopic (exact) mass is 256 g/mol. The van der Waals surface area contributed by atoms with Crippen molar-refractivity contribution in [3.63, 3.8) is 0 Å². The predicted octanol–water partition coefficient (Wildman–Crippen LogP) is 1.88. The molecule has 0 saturated heterocycles. The van der Waals surface area contributed by atoms with Crippen LogP contribution in [0.5, 0.6) is 0 Å². The van der Waals surface area contributed by atoms with Crippen LogP contribution in [0.25, 0.3) is 0 Å². The van der Waals surface area contributed by atoms with Crippen molar-refractivity contribution >= 4 is 11.7 Å². The van der Waals surface area contributed by atoms with Crippen LogP contribution in [-0.4, -0.2) is 30.3 Å². The lowest BCUT2D eigenvalue weighted by molar-refractivity contribution is -0.124. The first-order valence-electron chi connectivity index (χ1n) is 6.88. The molecule has 0 aromatic rings. The highest BCUT2D eigenvalue weighted by atomic mass is 16.1. The second-order valence-electron chi connectivity index (χ2n) is 5.41. The molecule has 0 saturated carbocycles. The van der Waals surface area contributed by atoms with Crippen molar-refractivity contribution < 1.29 is 9.59 Å². The minimum absolute atomic E-state index is 0.00473. The Morgan fingerprint density at radius 2 is 1.67 bits per heavy atom. The molecule has 106 valence electrons. The Balaban J connectivity index is 4.01.